The second-order valence-corrected chi connectivity index (χ2v) is 9.69. The molecule has 0 saturated carbocycles. The molecule has 1 aliphatic heterocycles. The second-order valence-electron chi connectivity index (χ2n) is 7.67. The molecule has 0 unspecified atom stereocenters. The van der Waals surface area contributed by atoms with Gasteiger partial charge in [-0.05, 0) is 29.8 Å². The molecule has 4 rings (SSSR count). The molecule has 2 aromatic carbocycles. The minimum absolute atomic E-state index is 0.0314. The van der Waals surface area contributed by atoms with Crippen LogP contribution in [0.25, 0.3) is 11.3 Å². The molecule has 1 aliphatic rings. The van der Waals surface area contributed by atoms with Crippen LogP contribution in [0.3, 0.4) is 0 Å². The van der Waals surface area contributed by atoms with Crippen molar-refractivity contribution in [3.05, 3.63) is 71.6 Å². The first kappa shape index (κ1) is 22.2. The van der Waals surface area contributed by atoms with Crippen molar-refractivity contribution in [1.82, 2.24) is 9.97 Å². The van der Waals surface area contributed by atoms with E-state index >= 15 is 0 Å². The largest absolute Gasteiger partial charge is 0.354 e. The number of rotatable bonds is 4. The Hall–Kier alpha value is -3.05. The van der Waals surface area contributed by atoms with Crippen molar-refractivity contribution in [2.45, 2.75) is 16.9 Å². The minimum Gasteiger partial charge on any atom is -0.354 e. The van der Waals surface area contributed by atoms with Gasteiger partial charge in [-0.25, -0.2) is 35.9 Å². The first-order valence-electron chi connectivity index (χ1n) is 9.51. The normalized spacial score (nSPS) is 18.9. The van der Waals surface area contributed by atoms with E-state index in [0.717, 1.165) is 24.5 Å². The number of anilines is 1. The molecule has 1 fully saturated rings. The summed E-state index contributed by atoms with van der Waals surface area (Å²) >= 11 is 0. The first-order valence-corrected chi connectivity index (χ1v) is 11.4. The molecule has 11 heteroatoms. The van der Waals surface area contributed by atoms with Crippen LogP contribution in [0.2, 0.25) is 0 Å². The van der Waals surface area contributed by atoms with Crippen molar-refractivity contribution in [3.8, 4) is 11.3 Å². The number of nitrogens with two attached hydrogens (primary N) is 1. The summed E-state index contributed by atoms with van der Waals surface area (Å²) in [6.07, 6.45) is 2.20. The Morgan fingerprint density at radius 2 is 1.66 bits per heavy atom. The Morgan fingerprint density at radius 1 is 0.938 bits per heavy atom. The number of hydrogen-bond acceptors (Lipinski definition) is 6. The Bertz CT molecular complexity index is 1300. The predicted molar refractivity (Wildman–Crippen MR) is 110 cm³/mol. The number of sulfone groups is 1. The van der Waals surface area contributed by atoms with Crippen LogP contribution in [0.15, 0.2) is 47.6 Å². The van der Waals surface area contributed by atoms with Gasteiger partial charge in [-0.1, -0.05) is 0 Å². The molecule has 2 atom stereocenters. The second kappa shape index (κ2) is 8.14. The fourth-order valence-electron chi connectivity index (χ4n) is 3.77. The van der Waals surface area contributed by atoms with Crippen molar-refractivity contribution in [1.29, 1.82) is 0 Å². The van der Waals surface area contributed by atoms with Gasteiger partial charge >= 0.3 is 0 Å². The van der Waals surface area contributed by atoms with Crippen LogP contribution in [0.1, 0.15) is 11.5 Å². The fourth-order valence-corrected chi connectivity index (χ4v) is 4.44. The first-order chi connectivity index (χ1) is 15.0. The molecule has 1 aromatic heterocycles. The predicted octanol–water partition coefficient (Wildman–Crippen LogP) is 3.03. The maximum atomic E-state index is 14.3. The van der Waals surface area contributed by atoms with Gasteiger partial charge < -0.3 is 10.6 Å². The Balaban J connectivity index is 1.65. The molecule has 2 heterocycles. The van der Waals surface area contributed by atoms with Crippen LogP contribution in [-0.4, -0.2) is 43.8 Å². The zero-order chi connectivity index (χ0) is 23.2. The topological polar surface area (TPSA) is 89.2 Å². The molecule has 2 N–H and O–H groups in total. The minimum atomic E-state index is -3.64. The Kier molecular flexibility index (Phi) is 5.63. The maximum Gasteiger partial charge on any atom is 0.175 e. The fraction of sp³-hybridized carbons (Fsp3) is 0.238. The van der Waals surface area contributed by atoms with E-state index in [0.29, 0.717) is 11.9 Å². The van der Waals surface area contributed by atoms with Gasteiger partial charge in [0.2, 0.25) is 0 Å². The summed E-state index contributed by atoms with van der Waals surface area (Å²) in [5.74, 6) is -4.29. The van der Waals surface area contributed by atoms with Crippen LogP contribution in [0.5, 0.6) is 0 Å². The molecule has 0 spiro atoms. The number of hydrogen-bond donors (Lipinski definition) is 1. The van der Waals surface area contributed by atoms with E-state index in [1.807, 2.05) is 0 Å². The van der Waals surface area contributed by atoms with Gasteiger partial charge in [0.15, 0.2) is 21.5 Å². The smallest absolute Gasteiger partial charge is 0.175 e. The van der Waals surface area contributed by atoms with E-state index in [1.165, 1.54) is 18.5 Å². The lowest BCUT2D eigenvalue weighted by atomic mass is 9.94. The quantitative estimate of drug-likeness (QED) is 0.470. The van der Waals surface area contributed by atoms with E-state index in [2.05, 4.69) is 9.97 Å². The lowest BCUT2D eigenvalue weighted by Crippen LogP contribution is -2.29. The van der Waals surface area contributed by atoms with E-state index in [-0.39, 0.29) is 34.8 Å². The third-order valence-electron chi connectivity index (χ3n) is 5.38. The molecule has 6 nitrogen and oxygen atoms in total. The highest BCUT2D eigenvalue weighted by molar-refractivity contribution is 7.90. The molecule has 0 aliphatic carbocycles. The molecule has 168 valence electrons. The van der Waals surface area contributed by atoms with Crippen molar-refractivity contribution in [2.75, 3.05) is 24.2 Å². The SMILES string of the molecule is CS(=O)(=O)c1cc(F)cc(-c2cc(N3C[C@H](c4cc(F)c(F)cc4F)[C@@H](N)C3)ncn2)c1. The molecule has 0 radical (unpaired) electrons. The molecule has 0 bridgehead atoms. The van der Waals surface area contributed by atoms with Crippen molar-refractivity contribution in [2.24, 2.45) is 5.73 Å². The maximum absolute atomic E-state index is 14.3. The zero-order valence-electron chi connectivity index (χ0n) is 16.8. The standard InChI is InChI=1S/C21H18F4N4O2S/c1-32(30,31)13-3-11(2-12(22)4-13)20-7-21(28-10-27-20)29-8-15(19(26)9-29)14-5-17(24)18(25)6-16(14)23/h2-7,10,15,19H,8-9,26H2,1H3/t15-,19+/m1/s1. The number of nitrogens with zero attached hydrogens (tertiary/aromatic N) is 3. The highest BCUT2D eigenvalue weighted by atomic mass is 32.2. The van der Waals surface area contributed by atoms with E-state index in [4.69, 9.17) is 5.73 Å². The average molecular weight is 466 g/mol. The van der Waals surface area contributed by atoms with Crippen LogP contribution in [0.4, 0.5) is 23.4 Å². The molecule has 3 aromatic rings. The van der Waals surface area contributed by atoms with Crippen molar-refractivity contribution < 1.29 is 26.0 Å². The lowest BCUT2D eigenvalue weighted by Gasteiger charge is -2.18. The third-order valence-corrected chi connectivity index (χ3v) is 6.47. The van der Waals surface area contributed by atoms with E-state index in [1.54, 1.807) is 4.90 Å². The lowest BCUT2D eigenvalue weighted by molar-refractivity contribution is 0.482. The monoisotopic (exact) mass is 466 g/mol. The number of benzene rings is 2. The highest BCUT2D eigenvalue weighted by Crippen LogP contribution is 2.33. The van der Waals surface area contributed by atoms with Crippen molar-refractivity contribution >= 4 is 15.7 Å². The van der Waals surface area contributed by atoms with Crippen LogP contribution >= 0.6 is 0 Å². The van der Waals surface area contributed by atoms with Gasteiger partial charge in [-0.15, -0.1) is 0 Å². The van der Waals surface area contributed by atoms with Crippen molar-refractivity contribution in [3.63, 3.8) is 0 Å². The Morgan fingerprint density at radius 3 is 2.38 bits per heavy atom. The van der Waals surface area contributed by atoms with E-state index < -0.39 is 45.1 Å². The summed E-state index contributed by atoms with van der Waals surface area (Å²) in [5.41, 5.74) is 6.63. The summed E-state index contributed by atoms with van der Waals surface area (Å²) in [5, 5.41) is 0. The molecule has 0 amide bonds. The van der Waals surface area contributed by atoms with Crippen LogP contribution in [0, 0.1) is 23.3 Å². The van der Waals surface area contributed by atoms with Gasteiger partial charge in [-0.2, -0.15) is 0 Å². The number of aromatic nitrogens is 2. The third kappa shape index (κ3) is 4.30. The summed E-state index contributed by atoms with van der Waals surface area (Å²) in [7, 11) is -3.64. The Labute approximate surface area is 181 Å². The average Bonchev–Trinajstić information content (AvgIpc) is 3.11. The molecule has 1 saturated heterocycles. The number of halogens is 4. The van der Waals surface area contributed by atoms with Crippen LogP contribution < -0.4 is 10.6 Å². The van der Waals surface area contributed by atoms with Gasteiger partial charge in [0, 0.05) is 49.0 Å². The van der Waals surface area contributed by atoms with Gasteiger partial charge in [0.25, 0.3) is 0 Å². The van der Waals surface area contributed by atoms with Gasteiger partial charge in [0.1, 0.15) is 23.8 Å². The summed E-state index contributed by atoms with van der Waals surface area (Å²) in [6, 6.07) is 5.61. The highest BCUT2D eigenvalue weighted by Gasteiger charge is 2.34. The van der Waals surface area contributed by atoms with Gasteiger partial charge in [0.05, 0.1) is 10.6 Å². The summed E-state index contributed by atoms with van der Waals surface area (Å²) in [6.45, 7) is 0.425. The molecular weight excluding hydrogens is 448 g/mol. The summed E-state index contributed by atoms with van der Waals surface area (Å²) in [4.78, 5) is 9.80. The van der Waals surface area contributed by atoms with E-state index in [9.17, 15) is 26.0 Å². The molecule has 32 heavy (non-hydrogen) atoms. The summed E-state index contributed by atoms with van der Waals surface area (Å²) < 4.78 is 78.8. The van der Waals surface area contributed by atoms with Crippen LogP contribution in [-0.2, 0) is 9.84 Å². The zero-order valence-corrected chi connectivity index (χ0v) is 17.6. The molecular formula is C21H18F4N4O2S. The van der Waals surface area contributed by atoms with Gasteiger partial charge in [-0.3, -0.25) is 0 Å².